The molecule has 5 heteroatoms. The molecule has 0 fully saturated rings. The fraction of sp³-hybridized carbons (Fsp3) is 1.00. The number of hydrogen-bond acceptors (Lipinski definition) is 4. The minimum absolute atomic E-state index is 0.206. The summed E-state index contributed by atoms with van der Waals surface area (Å²) in [5.74, 6) is 0.213. The van der Waals surface area contributed by atoms with Crippen LogP contribution >= 0.6 is 0 Å². The molecule has 0 saturated heterocycles. The summed E-state index contributed by atoms with van der Waals surface area (Å²) in [5.41, 5.74) is 0. The van der Waals surface area contributed by atoms with E-state index in [9.17, 15) is 8.42 Å². The van der Waals surface area contributed by atoms with E-state index < -0.39 is 9.84 Å². The van der Waals surface area contributed by atoms with Crippen LogP contribution in [-0.2, 0) is 9.84 Å². The number of sulfone groups is 1. The van der Waals surface area contributed by atoms with Crippen molar-refractivity contribution >= 4 is 9.84 Å². The third-order valence-electron chi connectivity index (χ3n) is 2.33. The molecule has 0 radical (unpaired) electrons. The molecule has 0 aliphatic heterocycles. The lowest BCUT2D eigenvalue weighted by atomic mass is 10.2. The minimum atomic E-state index is -2.87. The van der Waals surface area contributed by atoms with E-state index in [2.05, 4.69) is 18.7 Å². The molecule has 15 heavy (non-hydrogen) atoms. The van der Waals surface area contributed by atoms with Crippen LogP contribution in [-0.4, -0.2) is 56.2 Å². The smallest absolute Gasteiger partial charge is 0.148 e. The molecule has 0 aromatic rings. The molecular formula is C10H23NO3S. The molecule has 1 N–H and O–H groups in total. The van der Waals surface area contributed by atoms with Gasteiger partial charge in [0.2, 0.25) is 0 Å². The van der Waals surface area contributed by atoms with Gasteiger partial charge in [0.1, 0.15) is 9.84 Å². The first-order chi connectivity index (χ1) is 6.87. The van der Waals surface area contributed by atoms with Crippen molar-refractivity contribution in [2.24, 2.45) is 0 Å². The summed E-state index contributed by atoms with van der Waals surface area (Å²) in [4.78, 5) is 2.14. The van der Waals surface area contributed by atoms with Gasteiger partial charge in [0.15, 0.2) is 0 Å². The molecule has 0 spiro atoms. The standard InChI is InChI=1S/C10H23NO3S/c1-10(2)11(6-4-5-8-12)7-9-15(3,13)14/h10,12H,4-9H2,1-3H3. The number of aliphatic hydroxyl groups is 1. The highest BCUT2D eigenvalue weighted by Gasteiger charge is 2.11. The van der Waals surface area contributed by atoms with Crippen molar-refractivity contribution in [2.75, 3.05) is 31.7 Å². The lowest BCUT2D eigenvalue weighted by molar-refractivity contribution is 0.215. The Kier molecular flexibility index (Phi) is 7.13. The van der Waals surface area contributed by atoms with Gasteiger partial charge in [-0.25, -0.2) is 8.42 Å². The first-order valence-electron chi connectivity index (χ1n) is 5.39. The van der Waals surface area contributed by atoms with Crippen LogP contribution in [0.25, 0.3) is 0 Å². The van der Waals surface area contributed by atoms with Gasteiger partial charge in [-0.1, -0.05) is 0 Å². The Labute approximate surface area is 93.2 Å². The summed E-state index contributed by atoms with van der Waals surface area (Å²) in [5, 5.41) is 8.66. The Morgan fingerprint density at radius 2 is 1.80 bits per heavy atom. The van der Waals surface area contributed by atoms with Gasteiger partial charge in [0, 0.05) is 25.4 Å². The number of hydrogen-bond donors (Lipinski definition) is 1. The molecule has 0 aromatic carbocycles. The van der Waals surface area contributed by atoms with E-state index in [1.54, 1.807) is 0 Å². The van der Waals surface area contributed by atoms with Crippen LogP contribution in [0.4, 0.5) is 0 Å². The zero-order chi connectivity index (χ0) is 11.9. The van der Waals surface area contributed by atoms with Crippen molar-refractivity contribution in [2.45, 2.75) is 32.7 Å². The molecule has 0 heterocycles. The topological polar surface area (TPSA) is 57.6 Å². The Hall–Kier alpha value is -0.130. The Morgan fingerprint density at radius 3 is 2.20 bits per heavy atom. The van der Waals surface area contributed by atoms with Crippen molar-refractivity contribution in [3.63, 3.8) is 0 Å². The van der Waals surface area contributed by atoms with Gasteiger partial charge in [0.25, 0.3) is 0 Å². The second kappa shape index (κ2) is 7.19. The van der Waals surface area contributed by atoms with Crippen LogP contribution in [0.3, 0.4) is 0 Å². The fourth-order valence-electron chi connectivity index (χ4n) is 1.34. The second-order valence-electron chi connectivity index (χ2n) is 4.19. The summed E-state index contributed by atoms with van der Waals surface area (Å²) in [6, 6.07) is 0.352. The first-order valence-corrected chi connectivity index (χ1v) is 7.45. The third kappa shape index (κ3) is 8.84. The lowest BCUT2D eigenvalue weighted by Gasteiger charge is -2.25. The first kappa shape index (κ1) is 14.9. The molecule has 0 saturated carbocycles. The third-order valence-corrected chi connectivity index (χ3v) is 3.26. The molecule has 0 rings (SSSR count). The molecule has 4 nitrogen and oxygen atoms in total. The zero-order valence-electron chi connectivity index (χ0n) is 9.94. The van der Waals surface area contributed by atoms with Gasteiger partial charge in [-0.15, -0.1) is 0 Å². The van der Waals surface area contributed by atoms with Crippen LogP contribution < -0.4 is 0 Å². The van der Waals surface area contributed by atoms with E-state index in [0.29, 0.717) is 12.6 Å². The summed E-state index contributed by atoms with van der Waals surface area (Å²) >= 11 is 0. The van der Waals surface area contributed by atoms with E-state index >= 15 is 0 Å². The van der Waals surface area contributed by atoms with Crippen LogP contribution in [0.5, 0.6) is 0 Å². The van der Waals surface area contributed by atoms with Crippen molar-refractivity contribution < 1.29 is 13.5 Å². The van der Waals surface area contributed by atoms with E-state index in [1.165, 1.54) is 6.26 Å². The largest absolute Gasteiger partial charge is 0.396 e. The van der Waals surface area contributed by atoms with Gasteiger partial charge in [0.05, 0.1) is 5.75 Å². The molecule has 92 valence electrons. The Morgan fingerprint density at radius 1 is 1.20 bits per heavy atom. The SMILES string of the molecule is CC(C)N(CCCCO)CCS(C)(=O)=O. The molecular weight excluding hydrogens is 214 g/mol. The maximum atomic E-state index is 11.0. The van der Waals surface area contributed by atoms with E-state index in [0.717, 1.165) is 19.4 Å². The highest BCUT2D eigenvalue weighted by atomic mass is 32.2. The average molecular weight is 237 g/mol. The van der Waals surface area contributed by atoms with Gasteiger partial charge >= 0.3 is 0 Å². The van der Waals surface area contributed by atoms with Crippen LogP contribution in [0, 0.1) is 0 Å². The zero-order valence-corrected chi connectivity index (χ0v) is 10.8. The van der Waals surface area contributed by atoms with Crippen LogP contribution in [0.1, 0.15) is 26.7 Å². The molecule has 0 aliphatic carbocycles. The van der Waals surface area contributed by atoms with Crippen molar-refractivity contribution in [1.29, 1.82) is 0 Å². The Bertz CT molecular complexity index is 249. The maximum Gasteiger partial charge on any atom is 0.148 e. The molecule has 0 bridgehead atoms. The minimum Gasteiger partial charge on any atom is -0.396 e. The summed E-state index contributed by atoms with van der Waals surface area (Å²) in [7, 11) is -2.87. The van der Waals surface area contributed by atoms with Gasteiger partial charge in [-0.05, 0) is 33.2 Å². The number of rotatable bonds is 8. The van der Waals surface area contributed by atoms with Crippen molar-refractivity contribution in [3.8, 4) is 0 Å². The highest BCUT2D eigenvalue weighted by molar-refractivity contribution is 7.90. The summed E-state index contributed by atoms with van der Waals surface area (Å²) < 4.78 is 22.0. The van der Waals surface area contributed by atoms with Crippen LogP contribution in [0.2, 0.25) is 0 Å². The normalized spacial score (nSPS) is 12.7. The number of aliphatic hydroxyl groups excluding tert-OH is 1. The predicted octanol–water partition coefficient (Wildman–Crippen LogP) is 0.514. The lowest BCUT2D eigenvalue weighted by Crippen LogP contribution is -2.35. The van der Waals surface area contributed by atoms with Crippen LogP contribution in [0.15, 0.2) is 0 Å². The van der Waals surface area contributed by atoms with E-state index in [1.807, 2.05) is 0 Å². The number of unbranched alkanes of at least 4 members (excludes halogenated alkanes) is 1. The van der Waals surface area contributed by atoms with Gasteiger partial charge in [-0.3, -0.25) is 4.90 Å². The number of nitrogens with zero attached hydrogens (tertiary/aromatic N) is 1. The predicted molar refractivity (Wildman–Crippen MR) is 62.7 cm³/mol. The second-order valence-corrected chi connectivity index (χ2v) is 6.45. The maximum absolute atomic E-state index is 11.0. The molecule has 0 aromatic heterocycles. The quantitative estimate of drug-likeness (QED) is 0.625. The van der Waals surface area contributed by atoms with Crippen molar-refractivity contribution in [1.82, 2.24) is 4.90 Å². The molecule has 0 aliphatic rings. The van der Waals surface area contributed by atoms with E-state index in [4.69, 9.17) is 5.11 Å². The van der Waals surface area contributed by atoms with Crippen molar-refractivity contribution in [3.05, 3.63) is 0 Å². The molecule has 0 atom stereocenters. The monoisotopic (exact) mass is 237 g/mol. The average Bonchev–Trinajstić information content (AvgIpc) is 2.08. The summed E-state index contributed by atoms with van der Waals surface area (Å²) in [6.07, 6.45) is 2.96. The summed E-state index contributed by atoms with van der Waals surface area (Å²) in [6.45, 7) is 5.76. The molecule has 0 amide bonds. The highest BCUT2D eigenvalue weighted by Crippen LogP contribution is 2.02. The van der Waals surface area contributed by atoms with E-state index in [-0.39, 0.29) is 12.4 Å². The van der Waals surface area contributed by atoms with Gasteiger partial charge in [-0.2, -0.15) is 0 Å². The Balaban J connectivity index is 3.94. The van der Waals surface area contributed by atoms with Gasteiger partial charge < -0.3 is 5.11 Å². The molecule has 0 unspecified atom stereocenters. The fourth-order valence-corrected chi connectivity index (χ4v) is 1.90.